The molecule has 1 amide bonds. The average molecular weight is 574 g/mol. The van der Waals surface area contributed by atoms with E-state index in [0.29, 0.717) is 0 Å². The van der Waals surface area contributed by atoms with Gasteiger partial charge < -0.3 is 39.6 Å². The number of unbranched alkanes of at least 4 members (excludes halogenated alkanes) is 5. The first kappa shape index (κ1) is 32.5. The maximum atomic E-state index is 13.4. The summed E-state index contributed by atoms with van der Waals surface area (Å²) < 4.78 is 22.4. The van der Waals surface area contributed by atoms with E-state index in [1.54, 1.807) is 12.1 Å². The third-order valence-electron chi connectivity index (χ3n) is 6.93. The first-order chi connectivity index (χ1) is 19.9. The van der Waals surface area contributed by atoms with Crippen LogP contribution in [0.3, 0.4) is 0 Å². The van der Waals surface area contributed by atoms with Crippen LogP contribution in [-0.4, -0.2) is 77.3 Å². The van der Waals surface area contributed by atoms with Crippen molar-refractivity contribution in [2.75, 3.05) is 13.2 Å². The summed E-state index contributed by atoms with van der Waals surface area (Å²) in [5.74, 6) is -0.860. The summed E-state index contributed by atoms with van der Waals surface area (Å²) in [4.78, 5) is 26.0. The summed E-state index contributed by atoms with van der Waals surface area (Å²) in [6.45, 7) is 1.89. The molecule has 0 radical (unpaired) electrons. The van der Waals surface area contributed by atoms with Gasteiger partial charge in [0.25, 0.3) is 0 Å². The Morgan fingerprint density at radius 3 is 2.20 bits per heavy atom. The van der Waals surface area contributed by atoms with E-state index in [-0.39, 0.29) is 19.6 Å². The van der Waals surface area contributed by atoms with Crippen LogP contribution < -0.4 is 5.32 Å². The Labute approximate surface area is 241 Å². The van der Waals surface area contributed by atoms with E-state index in [1.165, 1.54) is 6.42 Å². The maximum absolute atomic E-state index is 13.4. The second kappa shape index (κ2) is 17.7. The van der Waals surface area contributed by atoms with Gasteiger partial charge in [0.2, 0.25) is 0 Å². The first-order valence-electron chi connectivity index (χ1n) is 14.4. The smallest absolute Gasteiger partial charge is 0.408 e. The molecule has 41 heavy (non-hydrogen) atoms. The van der Waals surface area contributed by atoms with Crippen molar-refractivity contribution in [3.63, 3.8) is 0 Å². The second-order valence-corrected chi connectivity index (χ2v) is 10.2. The number of carbonyl (C=O) groups excluding carboxylic acids is 2. The van der Waals surface area contributed by atoms with Gasteiger partial charge in [-0.15, -0.1) is 0 Å². The van der Waals surface area contributed by atoms with Gasteiger partial charge in [0.05, 0.1) is 6.61 Å². The summed E-state index contributed by atoms with van der Waals surface area (Å²) in [5, 5.41) is 33.4. The van der Waals surface area contributed by atoms with Crippen molar-refractivity contribution >= 4 is 12.1 Å². The highest BCUT2D eigenvalue weighted by atomic mass is 16.7. The molecule has 1 fully saturated rings. The molecule has 4 N–H and O–H groups in total. The molecule has 1 saturated heterocycles. The fourth-order valence-electron chi connectivity index (χ4n) is 4.56. The molecule has 1 heterocycles. The standard InChI is InChI=1S/C31H43NO9/c1-2-3-4-5-6-13-18-38-30-28(27(35)26(34)25(20-33)40-30)41-29(36)24(19-22-14-9-7-10-15-22)32-31(37)39-21-23-16-11-8-12-17-23/h7-12,14-17,24-28,30,33-35H,2-6,13,18-21H2,1H3,(H,32,37)/t24-,25+,26+,27-,28+,30+/m0/s1. The number of ether oxygens (including phenoxy) is 4. The fraction of sp³-hybridized carbons (Fsp3) is 0.548. The Hall–Kier alpha value is -3.02. The molecule has 0 aromatic heterocycles. The molecule has 6 atom stereocenters. The average Bonchev–Trinajstić information content (AvgIpc) is 2.99. The molecular weight excluding hydrogens is 530 g/mol. The van der Waals surface area contributed by atoms with Gasteiger partial charge in [0.15, 0.2) is 12.4 Å². The molecule has 10 nitrogen and oxygen atoms in total. The van der Waals surface area contributed by atoms with Gasteiger partial charge in [-0.1, -0.05) is 99.7 Å². The molecule has 0 unspecified atom stereocenters. The van der Waals surface area contributed by atoms with E-state index in [1.807, 2.05) is 48.5 Å². The number of nitrogens with one attached hydrogen (secondary N) is 1. The Kier molecular flexibility index (Phi) is 14.0. The summed E-state index contributed by atoms with van der Waals surface area (Å²) in [7, 11) is 0. The van der Waals surface area contributed by atoms with Gasteiger partial charge in [-0.3, -0.25) is 0 Å². The fourth-order valence-corrected chi connectivity index (χ4v) is 4.56. The Balaban J connectivity index is 1.66. The van der Waals surface area contributed by atoms with Crippen LogP contribution in [0.5, 0.6) is 0 Å². The molecule has 2 aromatic carbocycles. The summed E-state index contributed by atoms with van der Waals surface area (Å²) in [6, 6.07) is 17.0. The van der Waals surface area contributed by atoms with Crippen LogP contribution in [-0.2, 0) is 36.8 Å². The van der Waals surface area contributed by atoms with E-state index < -0.39 is 55.4 Å². The molecule has 2 aromatic rings. The maximum Gasteiger partial charge on any atom is 0.408 e. The summed E-state index contributed by atoms with van der Waals surface area (Å²) in [5.41, 5.74) is 1.54. The monoisotopic (exact) mass is 573 g/mol. The van der Waals surface area contributed by atoms with E-state index >= 15 is 0 Å². The van der Waals surface area contributed by atoms with Crippen molar-refractivity contribution in [1.82, 2.24) is 5.32 Å². The lowest BCUT2D eigenvalue weighted by Gasteiger charge is -2.41. The van der Waals surface area contributed by atoms with Gasteiger partial charge in [-0.2, -0.15) is 0 Å². The minimum atomic E-state index is -1.58. The molecule has 3 rings (SSSR count). The summed E-state index contributed by atoms with van der Waals surface area (Å²) >= 11 is 0. The predicted molar refractivity (Wildman–Crippen MR) is 151 cm³/mol. The second-order valence-electron chi connectivity index (χ2n) is 10.2. The largest absolute Gasteiger partial charge is 0.453 e. The van der Waals surface area contributed by atoms with E-state index in [2.05, 4.69) is 12.2 Å². The van der Waals surface area contributed by atoms with Crippen molar-refractivity contribution < 1.29 is 43.9 Å². The molecule has 0 saturated carbocycles. The topological polar surface area (TPSA) is 144 Å². The van der Waals surface area contributed by atoms with Crippen molar-refractivity contribution in [2.45, 2.75) is 95.2 Å². The highest BCUT2D eigenvalue weighted by molar-refractivity contribution is 5.81. The number of amides is 1. The van der Waals surface area contributed by atoms with Gasteiger partial charge in [-0.05, 0) is 17.5 Å². The van der Waals surface area contributed by atoms with Crippen molar-refractivity contribution in [1.29, 1.82) is 0 Å². The molecular formula is C31H43NO9. The Morgan fingerprint density at radius 2 is 1.54 bits per heavy atom. The predicted octanol–water partition coefficient (Wildman–Crippen LogP) is 3.25. The molecule has 0 spiro atoms. The molecule has 10 heteroatoms. The summed E-state index contributed by atoms with van der Waals surface area (Å²) in [6.07, 6.45) is -1.33. The number of carbonyl (C=O) groups is 2. The van der Waals surface area contributed by atoms with Crippen molar-refractivity contribution in [3.8, 4) is 0 Å². The third kappa shape index (κ3) is 10.7. The quantitative estimate of drug-likeness (QED) is 0.176. The van der Waals surface area contributed by atoms with E-state index in [0.717, 1.165) is 43.2 Å². The van der Waals surface area contributed by atoms with Crippen LogP contribution in [0.15, 0.2) is 60.7 Å². The number of benzene rings is 2. The lowest BCUT2D eigenvalue weighted by atomic mass is 9.98. The lowest BCUT2D eigenvalue weighted by Crippen LogP contribution is -2.61. The van der Waals surface area contributed by atoms with Gasteiger partial charge in [0.1, 0.15) is 31.0 Å². The minimum absolute atomic E-state index is 0.0120. The Morgan fingerprint density at radius 1 is 0.902 bits per heavy atom. The Bertz CT molecular complexity index is 1020. The van der Waals surface area contributed by atoms with Gasteiger partial charge in [-0.25, -0.2) is 9.59 Å². The van der Waals surface area contributed by atoms with Crippen LogP contribution in [0.25, 0.3) is 0 Å². The minimum Gasteiger partial charge on any atom is -0.453 e. The van der Waals surface area contributed by atoms with E-state index in [4.69, 9.17) is 18.9 Å². The van der Waals surface area contributed by atoms with Crippen LogP contribution in [0.4, 0.5) is 4.79 Å². The van der Waals surface area contributed by atoms with Crippen molar-refractivity contribution in [3.05, 3.63) is 71.8 Å². The van der Waals surface area contributed by atoms with Gasteiger partial charge >= 0.3 is 12.1 Å². The number of esters is 1. The zero-order chi connectivity index (χ0) is 29.5. The lowest BCUT2D eigenvalue weighted by molar-refractivity contribution is -0.304. The number of hydrogen-bond donors (Lipinski definition) is 4. The molecule has 1 aliphatic rings. The first-order valence-corrected chi connectivity index (χ1v) is 14.4. The zero-order valence-electron chi connectivity index (χ0n) is 23.6. The molecule has 0 aliphatic carbocycles. The SMILES string of the molecule is CCCCCCCCO[C@@H]1O[C@H](CO)[C@@H](O)[C@H](O)[C@H]1OC(=O)[C@H](Cc1ccccc1)NC(=O)OCc1ccccc1. The van der Waals surface area contributed by atoms with Crippen LogP contribution in [0, 0.1) is 0 Å². The number of alkyl carbamates (subject to hydrolysis) is 1. The van der Waals surface area contributed by atoms with Crippen molar-refractivity contribution in [2.24, 2.45) is 0 Å². The molecule has 1 aliphatic heterocycles. The number of aliphatic hydroxyl groups is 3. The third-order valence-corrected chi connectivity index (χ3v) is 6.93. The number of hydrogen-bond acceptors (Lipinski definition) is 9. The number of rotatable bonds is 16. The van der Waals surface area contributed by atoms with E-state index in [9.17, 15) is 24.9 Å². The molecule has 0 bridgehead atoms. The molecule has 226 valence electrons. The zero-order valence-corrected chi connectivity index (χ0v) is 23.6. The van der Waals surface area contributed by atoms with Crippen LogP contribution in [0.1, 0.15) is 56.6 Å². The van der Waals surface area contributed by atoms with Crippen LogP contribution in [0.2, 0.25) is 0 Å². The highest BCUT2D eigenvalue weighted by Gasteiger charge is 2.47. The normalized spacial score (nSPS) is 23.0. The number of aliphatic hydroxyl groups excluding tert-OH is 3. The van der Waals surface area contributed by atoms with Gasteiger partial charge in [0, 0.05) is 13.0 Å². The highest BCUT2D eigenvalue weighted by Crippen LogP contribution is 2.25. The van der Waals surface area contributed by atoms with Crippen LogP contribution >= 0.6 is 0 Å².